The Hall–Kier alpha value is -3.96. The third kappa shape index (κ3) is 5.57. The number of rotatable bonds is 7. The van der Waals surface area contributed by atoms with Gasteiger partial charge in [-0.1, -0.05) is 6.07 Å². The van der Waals surface area contributed by atoms with Gasteiger partial charge in [0.15, 0.2) is 11.5 Å². The SMILES string of the molecule is Cc1ccc(NC(=O)c2cc3c(cn2)OC(C)(F)O3)cc1-c1cc(OCCO)nc(N2CCOCC2)c1. The lowest BCUT2D eigenvalue weighted by Gasteiger charge is -2.28. The number of aliphatic hydroxyl groups is 1. The van der Waals surface area contributed by atoms with E-state index in [1.165, 1.54) is 12.3 Å². The molecule has 1 aromatic carbocycles. The molecule has 2 aromatic heterocycles. The van der Waals surface area contributed by atoms with Crippen molar-refractivity contribution in [2.45, 2.75) is 19.9 Å². The van der Waals surface area contributed by atoms with Crippen molar-refractivity contribution in [3.63, 3.8) is 0 Å². The molecule has 10 nitrogen and oxygen atoms in total. The molecule has 3 aromatic rings. The highest BCUT2D eigenvalue weighted by Gasteiger charge is 2.37. The largest absolute Gasteiger partial charge is 0.475 e. The molecule has 1 fully saturated rings. The van der Waals surface area contributed by atoms with Crippen molar-refractivity contribution in [3.05, 3.63) is 53.9 Å². The second-order valence-electron chi connectivity index (χ2n) is 8.76. The van der Waals surface area contributed by atoms with Gasteiger partial charge in [-0.25, -0.2) is 4.98 Å². The van der Waals surface area contributed by atoms with E-state index in [9.17, 15) is 14.3 Å². The molecule has 1 unspecified atom stereocenters. The fourth-order valence-corrected chi connectivity index (χ4v) is 4.15. The van der Waals surface area contributed by atoms with Gasteiger partial charge < -0.3 is 34.3 Å². The summed E-state index contributed by atoms with van der Waals surface area (Å²) in [6.45, 7) is 5.72. The molecule has 0 aliphatic carbocycles. The zero-order valence-electron chi connectivity index (χ0n) is 20.5. The maximum absolute atomic E-state index is 14.0. The van der Waals surface area contributed by atoms with E-state index in [0.717, 1.165) is 29.4 Å². The number of amides is 1. The molecular formula is C26H27FN4O6. The number of morpholine rings is 1. The molecule has 2 aliphatic heterocycles. The van der Waals surface area contributed by atoms with Gasteiger partial charge in [0, 0.05) is 37.8 Å². The van der Waals surface area contributed by atoms with Crippen LogP contribution in [0.2, 0.25) is 0 Å². The second-order valence-corrected chi connectivity index (χ2v) is 8.76. The summed E-state index contributed by atoms with van der Waals surface area (Å²) in [5.74, 6) is 0.896. The molecule has 0 bridgehead atoms. The number of nitrogens with one attached hydrogen (secondary N) is 1. The van der Waals surface area contributed by atoms with Gasteiger partial charge in [0.2, 0.25) is 5.88 Å². The number of carbonyl (C=O) groups is 1. The minimum Gasteiger partial charge on any atom is -0.475 e. The lowest BCUT2D eigenvalue weighted by molar-refractivity contribution is -0.173. The van der Waals surface area contributed by atoms with E-state index in [4.69, 9.17) is 18.9 Å². The van der Waals surface area contributed by atoms with Gasteiger partial charge in [0.1, 0.15) is 18.1 Å². The van der Waals surface area contributed by atoms with Crippen LogP contribution in [-0.2, 0) is 4.74 Å². The Kier molecular flexibility index (Phi) is 6.81. The number of aryl methyl sites for hydroxylation is 1. The first-order chi connectivity index (χ1) is 17.8. The van der Waals surface area contributed by atoms with Crippen LogP contribution in [0.5, 0.6) is 17.4 Å². The summed E-state index contributed by atoms with van der Waals surface area (Å²) in [5.41, 5.74) is 3.30. The zero-order chi connectivity index (χ0) is 26.0. The summed E-state index contributed by atoms with van der Waals surface area (Å²) in [5, 5.41) is 12.0. The molecule has 194 valence electrons. The van der Waals surface area contributed by atoms with E-state index < -0.39 is 11.9 Å². The average Bonchev–Trinajstić information content (AvgIpc) is 3.21. The second kappa shape index (κ2) is 10.2. The number of benzene rings is 1. The van der Waals surface area contributed by atoms with Gasteiger partial charge in [-0.05, 0) is 41.8 Å². The average molecular weight is 511 g/mol. The van der Waals surface area contributed by atoms with Gasteiger partial charge in [-0.2, -0.15) is 9.37 Å². The monoisotopic (exact) mass is 510 g/mol. The fraction of sp³-hybridized carbons (Fsp3) is 0.346. The lowest BCUT2D eigenvalue weighted by atomic mass is 10.00. The molecule has 1 amide bonds. The Bertz CT molecular complexity index is 1310. The molecule has 11 heteroatoms. The molecule has 37 heavy (non-hydrogen) atoms. The highest BCUT2D eigenvalue weighted by Crippen LogP contribution is 2.39. The van der Waals surface area contributed by atoms with Crippen molar-refractivity contribution >= 4 is 17.4 Å². The van der Waals surface area contributed by atoms with Crippen molar-refractivity contribution in [3.8, 4) is 28.5 Å². The maximum atomic E-state index is 14.0. The number of carbonyl (C=O) groups excluding carboxylic acids is 1. The predicted octanol–water partition coefficient (Wildman–Crippen LogP) is 3.33. The van der Waals surface area contributed by atoms with Gasteiger partial charge in [-0.15, -0.1) is 0 Å². The quantitative estimate of drug-likeness (QED) is 0.494. The molecule has 5 rings (SSSR count). The Morgan fingerprint density at radius 3 is 2.76 bits per heavy atom. The van der Waals surface area contributed by atoms with E-state index >= 15 is 0 Å². The van der Waals surface area contributed by atoms with E-state index in [2.05, 4.69) is 20.2 Å². The van der Waals surface area contributed by atoms with Gasteiger partial charge in [0.25, 0.3) is 5.91 Å². The van der Waals surface area contributed by atoms with Crippen LogP contribution in [0.25, 0.3) is 11.1 Å². The molecule has 0 radical (unpaired) electrons. The summed E-state index contributed by atoms with van der Waals surface area (Å²) in [7, 11) is 0. The standard InChI is InChI=1S/C26H27FN4O6/c1-16-3-4-18(29-25(33)20-14-21-22(15-28-20)37-26(2,27)36-21)13-19(16)17-11-23(31-5-8-34-9-6-31)30-24(12-17)35-10-7-32/h3-4,11-15,32H,5-10H2,1-2H3,(H,29,33). The Labute approximate surface area is 213 Å². The molecule has 0 saturated carbocycles. The first-order valence-corrected chi connectivity index (χ1v) is 11.9. The van der Waals surface area contributed by atoms with Gasteiger partial charge >= 0.3 is 6.04 Å². The van der Waals surface area contributed by atoms with Crippen molar-refractivity contribution in [1.82, 2.24) is 9.97 Å². The normalized spacial score (nSPS) is 18.5. The summed E-state index contributed by atoms with van der Waals surface area (Å²) in [6, 6.07) is 8.36. The summed E-state index contributed by atoms with van der Waals surface area (Å²) in [6.07, 6.45) is 1.26. The zero-order valence-corrected chi connectivity index (χ0v) is 20.5. The van der Waals surface area contributed by atoms with E-state index in [1.807, 2.05) is 25.1 Å². The minimum atomic E-state index is -2.30. The fourth-order valence-electron chi connectivity index (χ4n) is 4.15. The number of aromatic nitrogens is 2. The summed E-state index contributed by atoms with van der Waals surface area (Å²) >= 11 is 0. The highest BCUT2D eigenvalue weighted by atomic mass is 19.2. The number of anilines is 2. The smallest absolute Gasteiger partial charge is 0.404 e. The first kappa shape index (κ1) is 24.7. The number of halogens is 1. The van der Waals surface area contributed by atoms with E-state index in [1.54, 1.807) is 12.1 Å². The number of ether oxygens (including phenoxy) is 4. The van der Waals surface area contributed by atoms with Gasteiger partial charge in [0.05, 0.1) is 26.0 Å². The topological polar surface area (TPSA) is 115 Å². The number of fused-ring (bicyclic) bond motifs is 1. The third-order valence-corrected chi connectivity index (χ3v) is 5.92. The molecule has 1 saturated heterocycles. The predicted molar refractivity (Wildman–Crippen MR) is 133 cm³/mol. The third-order valence-electron chi connectivity index (χ3n) is 5.92. The van der Waals surface area contributed by atoms with E-state index in [0.29, 0.717) is 37.9 Å². The molecule has 2 aliphatic rings. The Morgan fingerprint density at radius 1 is 1.19 bits per heavy atom. The molecule has 1 atom stereocenters. The van der Waals surface area contributed by atoms with Crippen molar-refractivity contribution in [1.29, 1.82) is 0 Å². The first-order valence-electron chi connectivity index (χ1n) is 11.9. The number of alkyl halides is 1. The number of pyridine rings is 2. The van der Waals surface area contributed by atoms with Crippen LogP contribution in [0.3, 0.4) is 0 Å². The van der Waals surface area contributed by atoms with Crippen LogP contribution >= 0.6 is 0 Å². The van der Waals surface area contributed by atoms with Crippen LogP contribution in [0.1, 0.15) is 23.0 Å². The molecular weight excluding hydrogens is 483 g/mol. The maximum Gasteiger partial charge on any atom is 0.404 e. The lowest BCUT2D eigenvalue weighted by Crippen LogP contribution is -2.36. The Morgan fingerprint density at radius 2 is 1.97 bits per heavy atom. The number of hydrogen-bond donors (Lipinski definition) is 2. The van der Waals surface area contributed by atoms with E-state index in [-0.39, 0.29) is 30.4 Å². The van der Waals surface area contributed by atoms with Crippen LogP contribution in [0.4, 0.5) is 15.9 Å². The van der Waals surface area contributed by atoms with Crippen molar-refractivity contribution in [2.24, 2.45) is 0 Å². The van der Waals surface area contributed by atoms with Crippen LogP contribution < -0.4 is 24.4 Å². The van der Waals surface area contributed by atoms with Crippen LogP contribution in [0.15, 0.2) is 42.6 Å². The highest BCUT2D eigenvalue weighted by molar-refractivity contribution is 6.03. The van der Waals surface area contributed by atoms with Crippen LogP contribution in [0, 0.1) is 6.92 Å². The summed E-state index contributed by atoms with van der Waals surface area (Å²) < 4.78 is 35.1. The van der Waals surface area contributed by atoms with Crippen molar-refractivity contribution in [2.75, 3.05) is 49.7 Å². The molecule has 0 spiro atoms. The number of hydrogen-bond acceptors (Lipinski definition) is 9. The molecule has 4 heterocycles. The van der Waals surface area contributed by atoms with Gasteiger partial charge in [-0.3, -0.25) is 4.79 Å². The van der Waals surface area contributed by atoms with Crippen LogP contribution in [-0.4, -0.2) is 66.5 Å². The Balaban J connectivity index is 1.42. The number of nitrogens with zero attached hydrogens (tertiary/aromatic N) is 3. The summed E-state index contributed by atoms with van der Waals surface area (Å²) in [4.78, 5) is 23.7. The van der Waals surface area contributed by atoms with Crippen molar-refractivity contribution < 1.29 is 33.2 Å². The minimum absolute atomic E-state index is 0.0559. The number of aliphatic hydroxyl groups excluding tert-OH is 1. The molecule has 2 N–H and O–H groups in total.